The first kappa shape index (κ1) is 20.6. The zero-order valence-electron chi connectivity index (χ0n) is 14.1. The Hall–Kier alpha value is -2.76. The number of esters is 2. The Bertz CT molecular complexity index is 964. The van der Waals surface area contributed by atoms with Crippen LogP contribution in [0.4, 0.5) is 0 Å². The molecule has 9 nitrogen and oxygen atoms in total. The first-order chi connectivity index (χ1) is 12.6. The molecule has 0 unspecified atom stereocenters. The molecule has 27 heavy (non-hydrogen) atoms. The maximum atomic E-state index is 12.2. The van der Waals surface area contributed by atoms with Crippen molar-refractivity contribution >= 4 is 32.2 Å². The second-order valence-corrected chi connectivity index (χ2v) is 8.31. The Labute approximate surface area is 155 Å². The fourth-order valence-electron chi connectivity index (χ4n) is 1.95. The van der Waals surface area contributed by atoms with Crippen molar-refractivity contribution in [3.8, 4) is 0 Å². The van der Waals surface area contributed by atoms with Gasteiger partial charge in [0.2, 0.25) is 0 Å². The van der Waals surface area contributed by atoms with Gasteiger partial charge in [-0.1, -0.05) is 0 Å². The molecular formula is C16H14O9S2. The van der Waals surface area contributed by atoms with Gasteiger partial charge in [0, 0.05) is 0 Å². The van der Waals surface area contributed by atoms with Crippen molar-refractivity contribution in [1.82, 2.24) is 0 Å². The van der Waals surface area contributed by atoms with Crippen LogP contribution in [0.2, 0.25) is 0 Å². The Morgan fingerprint density at radius 3 is 1.19 bits per heavy atom. The third-order valence-electron chi connectivity index (χ3n) is 3.31. The van der Waals surface area contributed by atoms with Crippen molar-refractivity contribution < 1.29 is 39.5 Å². The van der Waals surface area contributed by atoms with E-state index in [-0.39, 0.29) is 11.1 Å². The van der Waals surface area contributed by atoms with E-state index >= 15 is 0 Å². The fourth-order valence-corrected chi connectivity index (χ4v) is 4.46. The van der Waals surface area contributed by atoms with Crippen molar-refractivity contribution in [2.75, 3.05) is 14.2 Å². The molecule has 0 aliphatic carbocycles. The van der Waals surface area contributed by atoms with Gasteiger partial charge in [0.05, 0.1) is 35.1 Å². The normalized spacial score (nSPS) is 11.6. The van der Waals surface area contributed by atoms with Crippen LogP contribution in [0, 0.1) is 0 Å². The topological polar surface area (TPSA) is 130 Å². The molecule has 0 aliphatic rings. The molecule has 0 radical (unpaired) electrons. The van der Waals surface area contributed by atoms with Gasteiger partial charge in [0.15, 0.2) is 0 Å². The third-order valence-corrected chi connectivity index (χ3v) is 6.44. The van der Waals surface area contributed by atoms with Crippen molar-refractivity contribution in [3.05, 3.63) is 59.7 Å². The summed E-state index contributed by atoms with van der Waals surface area (Å²) in [7, 11) is -7.03. The minimum Gasteiger partial charge on any atom is -0.465 e. The average Bonchev–Trinajstić information content (AvgIpc) is 2.66. The number of methoxy groups -OCH3 is 2. The molecule has 2 aromatic rings. The summed E-state index contributed by atoms with van der Waals surface area (Å²) < 4.78 is 62.1. The molecule has 0 spiro atoms. The van der Waals surface area contributed by atoms with Gasteiger partial charge in [-0.25, -0.2) is 9.59 Å². The molecule has 0 saturated heterocycles. The second-order valence-electron chi connectivity index (χ2n) is 5.01. The Kier molecular flexibility index (Phi) is 5.98. The van der Waals surface area contributed by atoms with E-state index in [9.17, 15) is 26.4 Å². The van der Waals surface area contributed by atoms with Crippen LogP contribution in [0.3, 0.4) is 0 Å². The average molecular weight is 414 g/mol. The van der Waals surface area contributed by atoms with Crippen LogP contribution in [0.25, 0.3) is 0 Å². The number of carbonyl (C=O) groups excluding carboxylic acids is 2. The summed E-state index contributed by atoms with van der Waals surface area (Å²) in [6, 6.07) is 8.66. The molecular weight excluding hydrogens is 400 g/mol. The largest absolute Gasteiger partial charge is 0.465 e. The van der Waals surface area contributed by atoms with Crippen LogP contribution < -0.4 is 0 Å². The van der Waals surface area contributed by atoms with Crippen molar-refractivity contribution in [2.24, 2.45) is 0 Å². The highest BCUT2D eigenvalue weighted by Gasteiger charge is 2.27. The number of hydrogen-bond donors (Lipinski definition) is 0. The summed E-state index contributed by atoms with van der Waals surface area (Å²) in [5, 5.41) is 0. The van der Waals surface area contributed by atoms with Crippen LogP contribution in [0.1, 0.15) is 20.7 Å². The van der Waals surface area contributed by atoms with Gasteiger partial charge >= 0.3 is 32.2 Å². The van der Waals surface area contributed by atoms with Gasteiger partial charge in [-0.05, 0) is 48.5 Å². The highest BCUT2D eigenvalue weighted by atomic mass is 32.3. The van der Waals surface area contributed by atoms with Crippen molar-refractivity contribution in [3.63, 3.8) is 0 Å². The minimum absolute atomic E-state index is 0.0812. The zero-order chi connectivity index (χ0) is 20.2. The SMILES string of the molecule is COC(=O)c1ccc(S(=O)(=O)OS(=O)(=O)c2ccc(C(=O)OC)cc2)cc1. The lowest BCUT2D eigenvalue weighted by Crippen LogP contribution is -2.14. The van der Waals surface area contributed by atoms with Gasteiger partial charge < -0.3 is 9.47 Å². The van der Waals surface area contributed by atoms with E-state index in [1.807, 2.05) is 0 Å². The molecule has 2 rings (SSSR count). The molecule has 0 saturated carbocycles. The molecule has 0 fully saturated rings. The molecule has 0 aromatic heterocycles. The molecule has 11 heteroatoms. The summed E-state index contributed by atoms with van der Waals surface area (Å²) in [5.74, 6) is -1.36. The number of benzene rings is 2. The number of hydrogen-bond acceptors (Lipinski definition) is 9. The maximum Gasteiger partial charge on any atom is 0.337 e. The predicted molar refractivity (Wildman–Crippen MR) is 91.0 cm³/mol. The maximum absolute atomic E-state index is 12.2. The molecule has 0 atom stereocenters. The van der Waals surface area contributed by atoms with E-state index in [1.54, 1.807) is 0 Å². The van der Waals surface area contributed by atoms with E-state index in [0.717, 1.165) is 62.8 Å². The van der Waals surface area contributed by atoms with Crippen LogP contribution in [-0.2, 0) is 33.3 Å². The summed E-state index contributed by atoms with van der Waals surface area (Å²) in [6.07, 6.45) is 0. The monoisotopic (exact) mass is 414 g/mol. The standard InChI is InChI=1S/C16H14O9S2/c1-23-15(17)11-3-7-13(8-4-11)26(19,20)25-27(21,22)14-9-5-12(6-10-14)16(18)24-2/h3-10H,1-2H3. The van der Waals surface area contributed by atoms with E-state index in [2.05, 4.69) is 13.1 Å². The molecule has 144 valence electrons. The predicted octanol–water partition coefficient (Wildman–Crippen LogP) is 1.35. The Balaban J connectivity index is 2.27. The first-order valence-electron chi connectivity index (χ1n) is 7.18. The minimum atomic E-state index is -4.68. The first-order valence-corrected chi connectivity index (χ1v) is 10.0. The molecule has 0 N–H and O–H groups in total. The van der Waals surface area contributed by atoms with E-state index in [1.165, 1.54) is 0 Å². The van der Waals surface area contributed by atoms with E-state index in [0.29, 0.717) is 0 Å². The lowest BCUT2D eigenvalue weighted by molar-refractivity contribution is 0.0592. The van der Waals surface area contributed by atoms with Crippen LogP contribution in [-0.4, -0.2) is 43.0 Å². The van der Waals surface area contributed by atoms with Crippen LogP contribution in [0.15, 0.2) is 58.3 Å². The second kappa shape index (κ2) is 7.86. The lowest BCUT2D eigenvalue weighted by atomic mass is 10.2. The van der Waals surface area contributed by atoms with Crippen molar-refractivity contribution in [2.45, 2.75) is 9.79 Å². The summed E-state index contributed by atoms with van der Waals surface area (Å²) >= 11 is 0. The molecule has 0 aliphatic heterocycles. The summed E-state index contributed by atoms with van der Waals surface area (Å²) in [4.78, 5) is 21.8. The molecule has 0 amide bonds. The zero-order valence-corrected chi connectivity index (χ0v) is 15.7. The quantitative estimate of drug-likeness (QED) is 0.643. The third kappa shape index (κ3) is 4.70. The summed E-state index contributed by atoms with van der Waals surface area (Å²) in [6.45, 7) is 0. The van der Waals surface area contributed by atoms with E-state index in [4.69, 9.17) is 0 Å². The number of rotatable bonds is 6. The van der Waals surface area contributed by atoms with Crippen molar-refractivity contribution in [1.29, 1.82) is 0 Å². The Morgan fingerprint density at radius 1 is 0.630 bits per heavy atom. The highest BCUT2D eigenvalue weighted by Crippen LogP contribution is 2.21. The van der Waals surface area contributed by atoms with Gasteiger partial charge in [-0.2, -0.15) is 16.8 Å². The Morgan fingerprint density at radius 2 is 0.926 bits per heavy atom. The molecule has 2 aromatic carbocycles. The number of carbonyl (C=O) groups is 2. The highest BCUT2D eigenvalue weighted by molar-refractivity contribution is 7.99. The lowest BCUT2D eigenvalue weighted by Gasteiger charge is -2.07. The van der Waals surface area contributed by atoms with E-state index < -0.39 is 42.0 Å². The smallest absolute Gasteiger partial charge is 0.337 e. The summed E-state index contributed by atoms with van der Waals surface area (Å²) in [5.41, 5.74) is 0.162. The molecule has 0 heterocycles. The van der Waals surface area contributed by atoms with Gasteiger partial charge in [0.25, 0.3) is 0 Å². The fraction of sp³-hybridized carbons (Fsp3) is 0.125. The van der Waals surface area contributed by atoms with Gasteiger partial charge in [-0.3, -0.25) is 0 Å². The van der Waals surface area contributed by atoms with Gasteiger partial charge in [0.1, 0.15) is 0 Å². The van der Waals surface area contributed by atoms with Gasteiger partial charge in [-0.15, -0.1) is 3.63 Å². The molecule has 0 bridgehead atoms. The number of ether oxygens (including phenoxy) is 2. The van der Waals surface area contributed by atoms with Crippen LogP contribution >= 0.6 is 0 Å². The van der Waals surface area contributed by atoms with Crippen LogP contribution in [0.5, 0.6) is 0 Å².